The Morgan fingerprint density at radius 2 is 1.68 bits per heavy atom. The van der Waals surface area contributed by atoms with E-state index >= 15 is 0 Å². The minimum atomic E-state index is -0.262. The van der Waals surface area contributed by atoms with Crippen LogP contribution in [0.3, 0.4) is 0 Å². The second kappa shape index (κ2) is 12.5. The molecule has 0 radical (unpaired) electrons. The Labute approximate surface area is 203 Å². The second-order valence-electron chi connectivity index (χ2n) is 8.97. The van der Waals surface area contributed by atoms with Crippen molar-refractivity contribution in [3.8, 4) is 5.69 Å². The highest BCUT2D eigenvalue weighted by molar-refractivity contribution is 5.79. The van der Waals surface area contributed by atoms with Crippen LogP contribution in [0.2, 0.25) is 0 Å². The van der Waals surface area contributed by atoms with Gasteiger partial charge >= 0.3 is 0 Å². The number of rotatable bonds is 12. The van der Waals surface area contributed by atoms with Crippen molar-refractivity contribution in [3.63, 3.8) is 0 Å². The van der Waals surface area contributed by atoms with Gasteiger partial charge in [0.05, 0.1) is 22.6 Å². The van der Waals surface area contributed by atoms with Crippen LogP contribution in [0.5, 0.6) is 0 Å². The minimum Gasteiger partial charge on any atom is -0.333 e. The van der Waals surface area contributed by atoms with Crippen molar-refractivity contribution in [2.24, 2.45) is 0 Å². The quantitative estimate of drug-likeness (QED) is 0.285. The van der Waals surface area contributed by atoms with Gasteiger partial charge < -0.3 is 4.90 Å². The summed E-state index contributed by atoms with van der Waals surface area (Å²) < 4.78 is 1.73. The fourth-order valence-corrected chi connectivity index (χ4v) is 4.59. The number of para-hydroxylation sites is 1. The van der Waals surface area contributed by atoms with Crippen molar-refractivity contribution in [1.29, 1.82) is 0 Å². The lowest BCUT2D eigenvalue weighted by Crippen LogP contribution is -2.39. The first-order valence-corrected chi connectivity index (χ1v) is 13.0. The molecule has 3 aromatic rings. The Morgan fingerprint density at radius 3 is 2.32 bits per heavy atom. The Bertz CT molecular complexity index is 1130. The lowest BCUT2D eigenvalue weighted by atomic mass is 10.1. The van der Waals surface area contributed by atoms with Gasteiger partial charge in [0.1, 0.15) is 5.82 Å². The van der Waals surface area contributed by atoms with Crippen molar-refractivity contribution < 1.29 is 4.79 Å². The molecule has 34 heavy (non-hydrogen) atoms. The van der Waals surface area contributed by atoms with E-state index in [0.29, 0.717) is 36.1 Å². The van der Waals surface area contributed by atoms with Crippen LogP contribution in [-0.2, 0) is 11.2 Å². The number of hydrogen-bond donors (Lipinski definition) is 0. The molecule has 0 bridgehead atoms. The summed E-state index contributed by atoms with van der Waals surface area (Å²) in [4.78, 5) is 34.0. The van der Waals surface area contributed by atoms with E-state index in [-0.39, 0.29) is 17.5 Å². The number of fused-ring (bicyclic) bond motifs is 1. The van der Waals surface area contributed by atoms with Crippen molar-refractivity contribution in [2.45, 2.75) is 85.1 Å². The van der Waals surface area contributed by atoms with Crippen molar-refractivity contribution in [3.05, 3.63) is 70.3 Å². The molecule has 0 N–H and O–H groups in total. The van der Waals surface area contributed by atoms with E-state index < -0.39 is 0 Å². The van der Waals surface area contributed by atoms with Crippen LogP contribution in [-0.4, -0.2) is 26.9 Å². The SMILES string of the molecule is CCCCCCC(=O)N(CCC)C(CC)c1nc2ccccc2c(=O)n1-c1ccc(CC)cc1. The van der Waals surface area contributed by atoms with E-state index in [1.54, 1.807) is 4.57 Å². The number of aromatic nitrogens is 2. The van der Waals surface area contributed by atoms with Crippen LogP contribution in [0.15, 0.2) is 53.3 Å². The average Bonchev–Trinajstić information content (AvgIpc) is 2.87. The van der Waals surface area contributed by atoms with Crippen molar-refractivity contribution in [1.82, 2.24) is 14.5 Å². The van der Waals surface area contributed by atoms with Gasteiger partial charge in [0.15, 0.2) is 0 Å². The fourth-order valence-electron chi connectivity index (χ4n) is 4.59. The molecule has 0 aliphatic rings. The number of benzene rings is 2. The van der Waals surface area contributed by atoms with Gasteiger partial charge in [0, 0.05) is 13.0 Å². The zero-order valence-electron chi connectivity index (χ0n) is 21.2. The largest absolute Gasteiger partial charge is 0.333 e. The Kier molecular flexibility index (Phi) is 9.43. The highest BCUT2D eigenvalue weighted by Gasteiger charge is 2.28. The summed E-state index contributed by atoms with van der Waals surface area (Å²) in [6.07, 6.45) is 7.30. The summed E-state index contributed by atoms with van der Waals surface area (Å²) in [5.41, 5.74) is 2.60. The molecule has 1 atom stereocenters. The summed E-state index contributed by atoms with van der Waals surface area (Å²) >= 11 is 0. The minimum absolute atomic E-state index is 0.0878. The van der Waals surface area contributed by atoms with Crippen molar-refractivity contribution >= 4 is 16.8 Å². The topological polar surface area (TPSA) is 55.2 Å². The standard InChI is InChI=1S/C29H39N3O2/c1-5-9-10-11-16-27(33)31(21-6-2)26(8-4)28-30-25-15-13-12-14-24(25)29(34)32(28)23-19-17-22(7-3)18-20-23/h12-15,17-20,26H,5-11,16,21H2,1-4H3. The van der Waals surface area contributed by atoms with Crippen LogP contribution in [0.4, 0.5) is 0 Å². The monoisotopic (exact) mass is 461 g/mol. The molecule has 1 amide bonds. The number of aryl methyl sites for hydroxylation is 1. The third-order valence-corrected chi connectivity index (χ3v) is 6.49. The molecule has 0 saturated heterocycles. The number of amides is 1. The maximum Gasteiger partial charge on any atom is 0.266 e. The smallest absolute Gasteiger partial charge is 0.266 e. The van der Waals surface area contributed by atoms with Crippen LogP contribution in [0.25, 0.3) is 16.6 Å². The Balaban J connectivity index is 2.13. The van der Waals surface area contributed by atoms with Gasteiger partial charge in [-0.2, -0.15) is 0 Å². The fraction of sp³-hybridized carbons (Fsp3) is 0.483. The van der Waals surface area contributed by atoms with Gasteiger partial charge in [-0.15, -0.1) is 0 Å². The third kappa shape index (κ3) is 5.75. The first-order valence-electron chi connectivity index (χ1n) is 13.0. The molecule has 0 spiro atoms. The van der Waals surface area contributed by atoms with Gasteiger partial charge in [0.2, 0.25) is 5.91 Å². The maximum absolute atomic E-state index is 13.7. The lowest BCUT2D eigenvalue weighted by molar-refractivity contribution is -0.134. The molecule has 0 saturated carbocycles. The highest BCUT2D eigenvalue weighted by atomic mass is 16.2. The Hall–Kier alpha value is -2.95. The van der Waals surface area contributed by atoms with E-state index in [1.807, 2.05) is 41.3 Å². The summed E-state index contributed by atoms with van der Waals surface area (Å²) in [7, 11) is 0. The predicted molar refractivity (Wildman–Crippen MR) is 141 cm³/mol. The summed E-state index contributed by atoms with van der Waals surface area (Å²) in [5.74, 6) is 0.797. The molecule has 1 unspecified atom stereocenters. The average molecular weight is 462 g/mol. The normalized spacial score (nSPS) is 12.1. The van der Waals surface area contributed by atoms with E-state index in [4.69, 9.17) is 4.98 Å². The molecule has 0 aliphatic carbocycles. The molecule has 1 aromatic heterocycles. The first kappa shape index (κ1) is 25.7. The van der Waals surface area contributed by atoms with E-state index in [1.165, 1.54) is 5.56 Å². The molecule has 2 aromatic carbocycles. The van der Waals surface area contributed by atoms with Crippen LogP contribution in [0.1, 0.15) is 90.1 Å². The number of carbonyl (C=O) groups is 1. The lowest BCUT2D eigenvalue weighted by Gasteiger charge is -2.32. The summed E-state index contributed by atoms with van der Waals surface area (Å²) in [6, 6.07) is 15.3. The van der Waals surface area contributed by atoms with E-state index in [2.05, 4.69) is 39.8 Å². The highest BCUT2D eigenvalue weighted by Crippen LogP contribution is 2.27. The molecule has 182 valence electrons. The van der Waals surface area contributed by atoms with Crippen molar-refractivity contribution in [2.75, 3.05) is 6.54 Å². The molecule has 0 aliphatic heterocycles. The second-order valence-corrected chi connectivity index (χ2v) is 8.97. The van der Waals surface area contributed by atoms with Gasteiger partial charge in [0.25, 0.3) is 5.56 Å². The van der Waals surface area contributed by atoms with Gasteiger partial charge in [-0.3, -0.25) is 14.2 Å². The Morgan fingerprint density at radius 1 is 0.941 bits per heavy atom. The zero-order chi connectivity index (χ0) is 24.5. The number of nitrogens with zero attached hydrogens (tertiary/aromatic N) is 3. The number of carbonyl (C=O) groups excluding carboxylic acids is 1. The molecule has 3 rings (SSSR count). The predicted octanol–water partition coefficient (Wildman–Crippen LogP) is 6.61. The van der Waals surface area contributed by atoms with Gasteiger partial charge in [-0.05, 0) is 55.5 Å². The van der Waals surface area contributed by atoms with Gasteiger partial charge in [-0.1, -0.05) is 71.2 Å². The third-order valence-electron chi connectivity index (χ3n) is 6.49. The molecule has 5 nitrogen and oxygen atoms in total. The zero-order valence-corrected chi connectivity index (χ0v) is 21.2. The van der Waals surface area contributed by atoms with Gasteiger partial charge in [-0.25, -0.2) is 4.98 Å². The molecule has 1 heterocycles. The molecule has 5 heteroatoms. The van der Waals surface area contributed by atoms with E-state index in [0.717, 1.165) is 44.2 Å². The number of hydrogen-bond acceptors (Lipinski definition) is 3. The summed E-state index contributed by atoms with van der Waals surface area (Å²) in [6.45, 7) is 9.11. The number of unbranched alkanes of at least 4 members (excludes halogenated alkanes) is 3. The summed E-state index contributed by atoms with van der Waals surface area (Å²) in [5, 5.41) is 0.591. The first-order chi connectivity index (χ1) is 16.5. The van der Waals surface area contributed by atoms with Crippen LogP contribution < -0.4 is 5.56 Å². The maximum atomic E-state index is 13.7. The molecular formula is C29H39N3O2. The van der Waals surface area contributed by atoms with E-state index in [9.17, 15) is 9.59 Å². The molecular weight excluding hydrogens is 422 g/mol. The van der Waals surface area contributed by atoms with Crippen LogP contribution >= 0.6 is 0 Å². The molecule has 0 fully saturated rings. The van der Waals surface area contributed by atoms with Crippen LogP contribution in [0, 0.1) is 0 Å².